The van der Waals surface area contributed by atoms with Crippen LogP contribution in [0.25, 0.3) is 16.8 Å². The lowest BCUT2D eigenvalue weighted by Crippen LogP contribution is -2.23. The van der Waals surface area contributed by atoms with E-state index >= 15 is 0 Å². The fourth-order valence-corrected chi connectivity index (χ4v) is 6.25. The van der Waals surface area contributed by atoms with Gasteiger partial charge in [0.1, 0.15) is 0 Å². The number of fused-ring (bicyclic) bond motifs is 1. The first kappa shape index (κ1) is 22.5. The summed E-state index contributed by atoms with van der Waals surface area (Å²) in [5.41, 5.74) is 9.02. The Hall–Kier alpha value is -2.68. The van der Waals surface area contributed by atoms with Crippen molar-refractivity contribution in [3.05, 3.63) is 112 Å². The Morgan fingerprint density at radius 3 is 2.25 bits per heavy atom. The van der Waals surface area contributed by atoms with Gasteiger partial charge < -0.3 is 5.11 Å². The Balaban J connectivity index is 1.84. The number of hydrogen-bond acceptors (Lipinski definition) is 1. The molecule has 0 spiro atoms. The molecule has 164 valence electrons. The number of allylic oxidation sites excluding steroid dienone is 1. The third-order valence-corrected chi connectivity index (χ3v) is 8.58. The molecular formula is C30H34OSi. The number of hydrogen-bond donors (Lipinski definition) is 1. The summed E-state index contributed by atoms with van der Waals surface area (Å²) in [7, 11) is -1.60. The molecule has 1 aliphatic carbocycles. The minimum atomic E-state index is -1.60. The third-order valence-electron chi connectivity index (χ3n) is 6.53. The summed E-state index contributed by atoms with van der Waals surface area (Å²) >= 11 is 0. The molecule has 4 rings (SSSR count). The van der Waals surface area contributed by atoms with Crippen LogP contribution >= 0.6 is 0 Å². The third kappa shape index (κ3) is 4.57. The zero-order chi connectivity index (χ0) is 22.9. The van der Waals surface area contributed by atoms with Crippen LogP contribution in [0.1, 0.15) is 53.6 Å². The molecular weight excluding hydrogens is 404 g/mol. The van der Waals surface area contributed by atoms with E-state index in [1.807, 2.05) is 12.1 Å². The summed E-state index contributed by atoms with van der Waals surface area (Å²) in [4.78, 5) is 0. The fraction of sp³-hybridized carbons (Fsp3) is 0.267. The Labute approximate surface area is 194 Å². The molecule has 0 saturated heterocycles. The SMILES string of the molecule is CC1(C)CC=C(c2ccccc2)c2cc(/C=C(/c3ccc(CO)cc3)[Si](C)(C)C)ccc21. The maximum atomic E-state index is 9.42. The van der Waals surface area contributed by atoms with Crippen LogP contribution < -0.4 is 0 Å². The van der Waals surface area contributed by atoms with E-state index < -0.39 is 8.07 Å². The zero-order valence-corrected chi connectivity index (χ0v) is 20.9. The van der Waals surface area contributed by atoms with Gasteiger partial charge in [0.2, 0.25) is 0 Å². The molecule has 32 heavy (non-hydrogen) atoms. The number of rotatable bonds is 5. The van der Waals surface area contributed by atoms with Crippen LogP contribution in [0.2, 0.25) is 19.6 Å². The predicted molar refractivity (Wildman–Crippen MR) is 141 cm³/mol. The monoisotopic (exact) mass is 438 g/mol. The lowest BCUT2D eigenvalue weighted by molar-refractivity contribution is 0.282. The highest BCUT2D eigenvalue weighted by atomic mass is 28.3. The van der Waals surface area contributed by atoms with Crippen LogP contribution in [-0.2, 0) is 12.0 Å². The molecule has 1 nitrogen and oxygen atoms in total. The predicted octanol–water partition coefficient (Wildman–Crippen LogP) is 7.71. The van der Waals surface area contributed by atoms with Gasteiger partial charge in [-0.15, -0.1) is 0 Å². The van der Waals surface area contributed by atoms with Crippen molar-refractivity contribution in [3.63, 3.8) is 0 Å². The van der Waals surface area contributed by atoms with E-state index in [4.69, 9.17) is 0 Å². The second-order valence-corrected chi connectivity index (χ2v) is 15.6. The average molecular weight is 439 g/mol. The van der Waals surface area contributed by atoms with Gasteiger partial charge in [-0.05, 0) is 56.9 Å². The Bertz CT molecular complexity index is 1160. The van der Waals surface area contributed by atoms with Crippen molar-refractivity contribution in [3.8, 4) is 0 Å². The van der Waals surface area contributed by atoms with E-state index in [9.17, 15) is 5.11 Å². The topological polar surface area (TPSA) is 20.2 Å². The Morgan fingerprint density at radius 2 is 1.62 bits per heavy atom. The highest BCUT2D eigenvalue weighted by molar-refractivity contribution is 6.94. The second kappa shape index (κ2) is 8.69. The normalized spacial score (nSPS) is 15.8. The lowest BCUT2D eigenvalue weighted by atomic mass is 9.72. The molecule has 0 aromatic heterocycles. The summed E-state index contributed by atoms with van der Waals surface area (Å²) < 4.78 is 0. The highest BCUT2D eigenvalue weighted by Crippen LogP contribution is 2.42. The van der Waals surface area contributed by atoms with Gasteiger partial charge in [-0.1, -0.05) is 118 Å². The highest BCUT2D eigenvalue weighted by Gasteiger charge is 2.29. The van der Waals surface area contributed by atoms with E-state index in [2.05, 4.69) is 106 Å². The lowest BCUT2D eigenvalue weighted by Gasteiger charge is -2.32. The van der Waals surface area contributed by atoms with Crippen molar-refractivity contribution in [2.24, 2.45) is 0 Å². The first-order chi connectivity index (χ1) is 15.2. The molecule has 0 heterocycles. The van der Waals surface area contributed by atoms with Gasteiger partial charge in [-0.2, -0.15) is 0 Å². The zero-order valence-electron chi connectivity index (χ0n) is 19.9. The number of benzene rings is 3. The smallest absolute Gasteiger partial charge is 0.0784 e. The summed E-state index contributed by atoms with van der Waals surface area (Å²) in [6, 6.07) is 26.2. The first-order valence-corrected chi connectivity index (χ1v) is 15.0. The van der Waals surface area contributed by atoms with Crippen LogP contribution in [0.4, 0.5) is 0 Å². The quantitative estimate of drug-likeness (QED) is 0.319. The molecule has 0 bridgehead atoms. The maximum Gasteiger partial charge on any atom is 0.0784 e. The van der Waals surface area contributed by atoms with Gasteiger partial charge in [0.05, 0.1) is 14.7 Å². The molecule has 3 aromatic rings. The average Bonchev–Trinajstić information content (AvgIpc) is 2.77. The largest absolute Gasteiger partial charge is 0.392 e. The van der Waals surface area contributed by atoms with Crippen LogP contribution in [-0.4, -0.2) is 13.2 Å². The first-order valence-electron chi connectivity index (χ1n) is 11.5. The van der Waals surface area contributed by atoms with Crippen LogP contribution in [0.15, 0.2) is 78.9 Å². The molecule has 1 N–H and O–H groups in total. The summed E-state index contributed by atoms with van der Waals surface area (Å²) in [6.45, 7) is 12.0. The van der Waals surface area contributed by atoms with E-state index in [1.54, 1.807) is 0 Å². The molecule has 2 heteroatoms. The van der Waals surface area contributed by atoms with Gasteiger partial charge in [-0.25, -0.2) is 0 Å². The van der Waals surface area contributed by atoms with Gasteiger partial charge in [0.15, 0.2) is 0 Å². The van der Waals surface area contributed by atoms with Crippen LogP contribution in [0.5, 0.6) is 0 Å². The molecule has 0 fully saturated rings. The van der Waals surface area contributed by atoms with Crippen molar-refractivity contribution < 1.29 is 5.11 Å². The van der Waals surface area contributed by atoms with Crippen molar-refractivity contribution in [2.75, 3.05) is 0 Å². The van der Waals surface area contributed by atoms with E-state index in [0.717, 1.165) is 12.0 Å². The minimum Gasteiger partial charge on any atom is -0.392 e. The Morgan fingerprint density at radius 1 is 0.938 bits per heavy atom. The molecule has 0 saturated carbocycles. The van der Waals surface area contributed by atoms with Gasteiger partial charge in [0, 0.05) is 0 Å². The second-order valence-electron chi connectivity index (χ2n) is 10.5. The molecule has 0 aliphatic heterocycles. The molecule has 1 aliphatic rings. The van der Waals surface area contributed by atoms with Crippen LogP contribution in [0.3, 0.4) is 0 Å². The molecule has 0 amide bonds. The fourth-order valence-electron chi connectivity index (χ4n) is 4.62. The van der Waals surface area contributed by atoms with Crippen molar-refractivity contribution in [2.45, 2.75) is 51.9 Å². The van der Waals surface area contributed by atoms with Crippen LogP contribution in [0, 0.1) is 0 Å². The summed E-state index contributed by atoms with van der Waals surface area (Å²) in [5, 5.41) is 10.9. The maximum absolute atomic E-state index is 9.42. The molecule has 0 unspecified atom stereocenters. The number of aliphatic hydroxyl groups is 1. The van der Waals surface area contributed by atoms with E-state index in [0.29, 0.717) is 0 Å². The molecule has 0 atom stereocenters. The summed E-state index contributed by atoms with van der Waals surface area (Å²) in [6.07, 6.45) is 5.86. The molecule has 3 aromatic carbocycles. The minimum absolute atomic E-state index is 0.0848. The Kier molecular flexibility index (Phi) is 6.11. The standard InChI is InChI=1S/C30H34OSi/c1-30(2)18-17-26(24-9-7-6-8-10-24)27-19-23(13-16-28(27)30)20-29(32(3,4)5)25-14-11-22(21-31)12-15-25/h6-17,19-20,31H,18,21H2,1-5H3/b29-20-. The summed E-state index contributed by atoms with van der Waals surface area (Å²) in [5.74, 6) is 0. The molecule has 0 radical (unpaired) electrons. The van der Waals surface area contributed by atoms with Gasteiger partial charge in [0.25, 0.3) is 0 Å². The van der Waals surface area contributed by atoms with E-state index in [-0.39, 0.29) is 12.0 Å². The number of aliphatic hydroxyl groups excluding tert-OH is 1. The van der Waals surface area contributed by atoms with Gasteiger partial charge >= 0.3 is 0 Å². The van der Waals surface area contributed by atoms with Crippen molar-refractivity contribution >= 4 is 24.9 Å². The van der Waals surface area contributed by atoms with Crippen molar-refractivity contribution in [1.29, 1.82) is 0 Å². The van der Waals surface area contributed by atoms with Gasteiger partial charge in [-0.3, -0.25) is 0 Å². The van der Waals surface area contributed by atoms with E-state index in [1.165, 1.54) is 38.6 Å². The van der Waals surface area contributed by atoms with Crippen molar-refractivity contribution in [1.82, 2.24) is 0 Å².